The third-order valence-electron chi connectivity index (χ3n) is 2.88. The Hall–Kier alpha value is -1.27. The number of nitrogens with two attached hydrogens (primary N) is 1. The second kappa shape index (κ2) is 5.02. The highest BCUT2D eigenvalue weighted by atomic mass is 127. The Morgan fingerprint density at radius 2 is 2.16 bits per heavy atom. The number of aromatic nitrogens is 3. The molecule has 0 aliphatic heterocycles. The highest BCUT2D eigenvalue weighted by Crippen LogP contribution is 2.34. The third-order valence-corrected chi connectivity index (χ3v) is 4.77. The Balaban J connectivity index is 2.28. The lowest BCUT2D eigenvalue weighted by molar-refractivity contribution is 0.625. The van der Waals surface area contributed by atoms with Gasteiger partial charge in [-0.1, -0.05) is 0 Å². The number of fused-ring (bicyclic) bond motifs is 1. The van der Waals surface area contributed by atoms with Crippen LogP contribution in [-0.2, 0) is 0 Å². The van der Waals surface area contributed by atoms with Crippen molar-refractivity contribution in [1.82, 2.24) is 14.5 Å². The van der Waals surface area contributed by atoms with Gasteiger partial charge in [-0.3, -0.25) is 4.98 Å². The number of pyridine rings is 1. The molecule has 0 saturated heterocycles. The summed E-state index contributed by atoms with van der Waals surface area (Å²) in [5.74, 6) is -0.357. The van der Waals surface area contributed by atoms with Gasteiger partial charge in [0.05, 0.1) is 24.3 Å². The molecule has 7 heteroatoms. The van der Waals surface area contributed by atoms with Gasteiger partial charge in [0.25, 0.3) is 0 Å². The lowest BCUT2D eigenvalue weighted by atomic mass is 10.0. The molecule has 3 aromatic rings. The van der Waals surface area contributed by atoms with Gasteiger partial charge in [0.1, 0.15) is 5.82 Å². The van der Waals surface area contributed by atoms with Crippen molar-refractivity contribution < 1.29 is 4.39 Å². The molecule has 0 bridgehead atoms. The summed E-state index contributed by atoms with van der Waals surface area (Å²) in [6.07, 6.45) is 4.98. The summed E-state index contributed by atoms with van der Waals surface area (Å²) in [6.45, 7) is 0. The Bertz CT molecular complexity index is 759. The molecule has 2 heterocycles. The molecular weight excluding hydrogens is 377 g/mol. The van der Waals surface area contributed by atoms with Crippen LogP contribution < -0.4 is 5.73 Å². The maximum Gasteiger partial charge on any atom is 0.149 e. The number of nitrogens with zero attached hydrogens (tertiary/aromatic N) is 3. The summed E-state index contributed by atoms with van der Waals surface area (Å²) in [4.78, 5) is 3.76. The maximum absolute atomic E-state index is 13.8. The number of hydrogen-bond donors (Lipinski definition) is 1. The summed E-state index contributed by atoms with van der Waals surface area (Å²) in [6, 6.07) is 5.31. The number of rotatable bonds is 2. The first-order valence-corrected chi connectivity index (χ1v) is 9.50. The highest BCUT2D eigenvalue weighted by molar-refractivity contribution is 14.2. The molecule has 0 fully saturated rings. The quantitative estimate of drug-likeness (QED) is 0.416. The van der Waals surface area contributed by atoms with Crippen molar-refractivity contribution in [3.63, 3.8) is 0 Å². The molecule has 19 heavy (non-hydrogen) atoms. The van der Waals surface area contributed by atoms with E-state index in [1.54, 1.807) is 24.5 Å². The van der Waals surface area contributed by atoms with Crippen molar-refractivity contribution in [2.45, 2.75) is 0 Å². The fourth-order valence-electron chi connectivity index (χ4n) is 1.99. The summed E-state index contributed by atoms with van der Waals surface area (Å²) < 4.78 is 15.6. The largest absolute Gasteiger partial charge is 0.398 e. The molecule has 0 spiro atoms. The Kier molecular flexibility index (Phi) is 3.36. The SMILES string of the molecule is Nc1cc(-c2ccncc2F)cc2c1cnn2PI. The molecule has 0 aliphatic carbocycles. The monoisotopic (exact) mass is 386 g/mol. The van der Waals surface area contributed by atoms with Gasteiger partial charge in [-0.2, -0.15) is 5.10 Å². The van der Waals surface area contributed by atoms with Gasteiger partial charge in [-0.05, 0) is 45.8 Å². The Morgan fingerprint density at radius 1 is 1.32 bits per heavy atom. The topological polar surface area (TPSA) is 56.7 Å². The molecule has 0 radical (unpaired) electrons. The zero-order chi connectivity index (χ0) is 13.4. The van der Waals surface area contributed by atoms with Crippen LogP contribution in [0, 0.1) is 5.82 Å². The minimum atomic E-state index is -0.357. The number of benzene rings is 1. The number of hydrogen-bond acceptors (Lipinski definition) is 3. The van der Waals surface area contributed by atoms with E-state index >= 15 is 0 Å². The summed E-state index contributed by atoms with van der Waals surface area (Å²) >= 11 is 2.25. The van der Waals surface area contributed by atoms with E-state index in [1.165, 1.54) is 6.20 Å². The number of nitrogen functional groups attached to an aromatic ring is 1. The summed E-state index contributed by atoms with van der Waals surface area (Å²) in [5, 5.41) is 5.16. The van der Waals surface area contributed by atoms with E-state index < -0.39 is 0 Å². The van der Waals surface area contributed by atoms with Crippen LogP contribution in [0.1, 0.15) is 0 Å². The predicted octanol–water partition coefficient (Wildman–Crippen LogP) is 3.61. The first kappa shape index (κ1) is 12.7. The van der Waals surface area contributed by atoms with Gasteiger partial charge in [0, 0.05) is 22.8 Å². The van der Waals surface area contributed by atoms with Crippen molar-refractivity contribution in [2.24, 2.45) is 0 Å². The maximum atomic E-state index is 13.8. The molecule has 3 rings (SSSR count). The first-order chi connectivity index (χ1) is 9.20. The van der Waals surface area contributed by atoms with Gasteiger partial charge in [-0.25, -0.2) is 8.84 Å². The van der Waals surface area contributed by atoms with E-state index in [4.69, 9.17) is 5.73 Å². The molecule has 96 valence electrons. The van der Waals surface area contributed by atoms with E-state index in [0.29, 0.717) is 17.6 Å². The fourth-order valence-corrected chi connectivity index (χ4v) is 3.52. The molecule has 4 nitrogen and oxygen atoms in total. The lowest BCUT2D eigenvalue weighted by Gasteiger charge is -2.06. The fraction of sp³-hybridized carbons (Fsp3) is 0. The van der Waals surface area contributed by atoms with Crippen LogP contribution in [0.25, 0.3) is 22.0 Å². The molecule has 1 aromatic carbocycles. The van der Waals surface area contributed by atoms with Crippen molar-refractivity contribution in [3.8, 4) is 11.1 Å². The zero-order valence-electron chi connectivity index (χ0n) is 9.64. The molecule has 0 aliphatic rings. The number of anilines is 1. The van der Waals surface area contributed by atoms with E-state index in [9.17, 15) is 4.39 Å². The van der Waals surface area contributed by atoms with Crippen molar-refractivity contribution >= 4 is 45.0 Å². The average molecular weight is 386 g/mol. The average Bonchev–Trinajstić information content (AvgIpc) is 2.82. The van der Waals surface area contributed by atoms with Crippen LogP contribution in [0.4, 0.5) is 10.1 Å². The van der Waals surface area contributed by atoms with Crippen LogP contribution in [0.2, 0.25) is 0 Å². The molecule has 0 saturated carbocycles. The van der Waals surface area contributed by atoms with Gasteiger partial charge in [0.2, 0.25) is 0 Å². The van der Waals surface area contributed by atoms with Crippen LogP contribution in [0.15, 0.2) is 36.8 Å². The van der Waals surface area contributed by atoms with Crippen LogP contribution in [-0.4, -0.2) is 14.5 Å². The minimum absolute atomic E-state index is 0.357. The van der Waals surface area contributed by atoms with Gasteiger partial charge in [-0.15, -0.1) is 0 Å². The van der Waals surface area contributed by atoms with Gasteiger partial charge < -0.3 is 5.73 Å². The summed E-state index contributed by atoms with van der Waals surface area (Å²) in [7, 11) is 0. The second-order valence-corrected chi connectivity index (χ2v) is 6.03. The Morgan fingerprint density at radius 3 is 2.89 bits per heavy atom. The van der Waals surface area contributed by atoms with Crippen LogP contribution in [0.5, 0.6) is 0 Å². The molecule has 1 atom stereocenters. The van der Waals surface area contributed by atoms with Crippen molar-refractivity contribution in [2.75, 3.05) is 5.73 Å². The van der Waals surface area contributed by atoms with Crippen LogP contribution in [0.3, 0.4) is 0 Å². The second-order valence-electron chi connectivity index (χ2n) is 3.99. The predicted molar refractivity (Wildman–Crippen MR) is 85.1 cm³/mol. The van der Waals surface area contributed by atoms with E-state index in [-0.39, 0.29) is 5.82 Å². The van der Waals surface area contributed by atoms with Crippen molar-refractivity contribution in [3.05, 3.63) is 42.6 Å². The van der Waals surface area contributed by atoms with E-state index in [0.717, 1.165) is 16.5 Å². The number of halogens is 2. The van der Waals surface area contributed by atoms with Gasteiger partial charge >= 0.3 is 0 Å². The smallest absolute Gasteiger partial charge is 0.149 e. The molecule has 0 amide bonds. The van der Waals surface area contributed by atoms with Crippen molar-refractivity contribution in [1.29, 1.82) is 0 Å². The molecular formula is C12H9FIN4P. The molecule has 2 N–H and O–H groups in total. The lowest BCUT2D eigenvalue weighted by Crippen LogP contribution is -1.91. The highest BCUT2D eigenvalue weighted by Gasteiger charge is 2.11. The normalized spacial score (nSPS) is 11.7. The van der Waals surface area contributed by atoms with Crippen LogP contribution >= 0.6 is 28.4 Å². The summed E-state index contributed by atoms with van der Waals surface area (Å²) in [5.41, 5.74) is 8.77. The first-order valence-electron chi connectivity index (χ1n) is 5.44. The molecule has 1 unspecified atom stereocenters. The Labute approximate surface area is 123 Å². The zero-order valence-corrected chi connectivity index (χ0v) is 12.8. The van der Waals surface area contributed by atoms with E-state index in [1.807, 2.05) is 10.5 Å². The molecule has 2 aromatic heterocycles. The van der Waals surface area contributed by atoms with Gasteiger partial charge in [0.15, 0.2) is 0 Å². The third kappa shape index (κ3) is 2.19. The minimum Gasteiger partial charge on any atom is -0.398 e. The standard InChI is InChI=1S/C12H9FIN4P/c13-10-6-16-2-1-8(10)7-3-11(15)9-5-17-18(19-14)12(9)4-7/h1-6,19H,15H2. The van der Waals surface area contributed by atoms with E-state index in [2.05, 4.69) is 32.1 Å².